The second-order valence-electron chi connectivity index (χ2n) is 5.13. The fraction of sp³-hybridized carbons (Fsp3) is 0.176. The first-order valence-corrected chi connectivity index (χ1v) is 7.62. The number of hydrogen-bond acceptors (Lipinski definition) is 1. The molecule has 0 saturated heterocycles. The maximum Gasteiger partial charge on any atom is 0.128 e. The standard InChI is InChI=1S/C17H16BrFN2/c1-11-17(18)14-4-2-3-5-16(14)21(11)10-13-7-6-12(9-20)8-15(13)19/h2-8H,9-10,20H2,1H3. The van der Waals surface area contributed by atoms with Crippen LogP contribution < -0.4 is 5.73 Å². The molecule has 1 heterocycles. The average Bonchev–Trinajstić information content (AvgIpc) is 2.74. The molecule has 0 aliphatic heterocycles. The van der Waals surface area contributed by atoms with Gasteiger partial charge in [0.25, 0.3) is 0 Å². The molecule has 0 bridgehead atoms. The van der Waals surface area contributed by atoms with Gasteiger partial charge in [0.15, 0.2) is 0 Å². The van der Waals surface area contributed by atoms with Crippen LogP contribution in [0.1, 0.15) is 16.8 Å². The lowest BCUT2D eigenvalue weighted by atomic mass is 10.1. The highest BCUT2D eigenvalue weighted by molar-refractivity contribution is 9.10. The molecule has 0 radical (unpaired) electrons. The van der Waals surface area contributed by atoms with Crippen molar-refractivity contribution in [2.75, 3.05) is 0 Å². The van der Waals surface area contributed by atoms with Crippen LogP contribution in [0.4, 0.5) is 4.39 Å². The molecule has 0 unspecified atom stereocenters. The van der Waals surface area contributed by atoms with E-state index in [0.29, 0.717) is 18.7 Å². The molecule has 3 aromatic rings. The van der Waals surface area contributed by atoms with Gasteiger partial charge in [-0.3, -0.25) is 0 Å². The largest absolute Gasteiger partial charge is 0.339 e. The summed E-state index contributed by atoms with van der Waals surface area (Å²) < 4.78 is 17.4. The quantitative estimate of drug-likeness (QED) is 0.750. The fourth-order valence-corrected chi connectivity index (χ4v) is 3.16. The first-order valence-electron chi connectivity index (χ1n) is 6.82. The van der Waals surface area contributed by atoms with Crippen LogP contribution in [0.15, 0.2) is 46.9 Å². The molecule has 0 spiro atoms. The summed E-state index contributed by atoms with van der Waals surface area (Å²) in [6.07, 6.45) is 0. The van der Waals surface area contributed by atoms with Crippen LogP contribution in [0.25, 0.3) is 10.9 Å². The lowest BCUT2D eigenvalue weighted by Crippen LogP contribution is -2.05. The van der Waals surface area contributed by atoms with Crippen molar-refractivity contribution in [3.63, 3.8) is 0 Å². The smallest absolute Gasteiger partial charge is 0.128 e. The molecule has 2 aromatic carbocycles. The number of halogens is 2. The van der Waals surface area contributed by atoms with Crippen LogP contribution in [0.5, 0.6) is 0 Å². The second-order valence-corrected chi connectivity index (χ2v) is 5.93. The topological polar surface area (TPSA) is 30.9 Å². The van der Waals surface area contributed by atoms with E-state index in [0.717, 1.165) is 26.6 Å². The van der Waals surface area contributed by atoms with Gasteiger partial charge in [0.05, 0.1) is 6.54 Å². The molecule has 21 heavy (non-hydrogen) atoms. The van der Waals surface area contributed by atoms with Crippen molar-refractivity contribution in [2.45, 2.75) is 20.0 Å². The van der Waals surface area contributed by atoms with Gasteiger partial charge in [-0.15, -0.1) is 0 Å². The number of benzene rings is 2. The number of hydrogen-bond donors (Lipinski definition) is 1. The number of rotatable bonds is 3. The zero-order chi connectivity index (χ0) is 15.0. The van der Waals surface area contributed by atoms with E-state index >= 15 is 0 Å². The predicted octanol–water partition coefficient (Wildman–Crippen LogP) is 4.36. The molecular weight excluding hydrogens is 331 g/mol. The lowest BCUT2D eigenvalue weighted by molar-refractivity contribution is 0.598. The molecule has 3 rings (SSSR count). The van der Waals surface area contributed by atoms with E-state index in [-0.39, 0.29) is 5.82 Å². The van der Waals surface area contributed by atoms with E-state index in [4.69, 9.17) is 5.73 Å². The fourth-order valence-electron chi connectivity index (χ4n) is 2.61. The second kappa shape index (κ2) is 5.62. The molecule has 0 aliphatic rings. The van der Waals surface area contributed by atoms with Crippen molar-refractivity contribution in [1.29, 1.82) is 0 Å². The van der Waals surface area contributed by atoms with E-state index in [9.17, 15) is 4.39 Å². The minimum Gasteiger partial charge on any atom is -0.339 e. The van der Waals surface area contributed by atoms with Crippen molar-refractivity contribution in [1.82, 2.24) is 4.57 Å². The summed E-state index contributed by atoms with van der Waals surface area (Å²) in [5.74, 6) is -0.203. The van der Waals surface area contributed by atoms with Gasteiger partial charge < -0.3 is 10.3 Å². The van der Waals surface area contributed by atoms with Crippen LogP contribution in [-0.2, 0) is 13.1 Å². The third-order valence-corrected chi connectivity index (χ3v) is 4.84. The van der Waals surface area contributed by atoms with Crippen molar-refractivity contribution in [3.05, 3.63) is 69.6 Å². The molecule has 0 amide bonds. The van der Waals surface area contributed by atoms with Crippen molar-refractivity contribution in [3.8, 4) is 0 Å². The molecule has 4 heteroatoms. The lowest BCUT2D eigenvalue weighted by Gasteiger charge is -2.10. The summed E-state index contributed by atoms with van der Waals surface area (Å²) in [7, 11) is 0. The Balaban J connectivity index is 2.08. The van der Waals surface area contributed by atoms with Gasteiger partial charge in [-0.2, -0.15) is 0 Å². The average molecular weight is 347 g/mol. The monoisotopic (exact) mass is 346 g/mol. The van der Waals surface area contributed by atoms with E-state index < -0.39 is 0 Å². The third-order valence-electron chi connectivity index (χ3n) is 3.84. The van der Waals surface area contributed by atoms with Gasteiger partial charge in [-0.1, -0.05) is 30.3 Å². The maximum absolute atomic E-state index is 14.2. The van der Waals surface area contributed by atoms with E-state index in [1.54, 1.807) is 0 Å². The van der Waals surface area contributed by atoms with Gasteiger partial charge in [-0.25, -0.2) is 4.39 Å². The number of fused-ring (bicyclic) bond motifs is 1. The SMILES string of the molecule is Cc1c(Br)c2ccccc2n1Cc1ccc(CN)cc1F. The molecule has 0 aliphatic carbocycles. The predicted molar refractivity (Wildman–Crippen MR) is 87.8 cm³/mol. The minimum absolute atomic E-state index is 0.203. The molecule has 108 valence electrons. The van der Waals surface area contributed by atoms with Crippen molar-refractivity contribution in [2.24, 2.45) is 5.73 Å². The minimum atomic E-state index is -0.203. The van der Waals surface area contributed by atoms with Crippen LogP contribution in [-0.4, -0.2) is 4.57 Å². The van der Waals surface area contributed by atoms with Crippen LogP contribution >= 0.6 is 15.9 Å². The number of nitrogens with two attached hydrogens (primary N) is 1. The highest BCUT2D eigenvalue weighted by atomic mass is 79.9. The Morgan fingerprint density at radius 1 is 1.19 bits per heavy atom. The molecule has 2 nitrogen and oxygen atoms in total. The Bertz CT molecular complexity index is 808. The molecule has 1 aromatic heterocycles. The van der Waals surface area contributed by atoms with Crippen LogP contribution in [0.3, 0.4) is 0 Å². The number of aromatic nitrogens is 1. The van der Waals surface area contributed by atoms with Gasteiger partial charge >= 0.3 is 0 Å². The molecule has 0 atom stereocenters. The summed E-state index contributed by atoms with van der Waals surface area (Å²) in [6.45, 7) is 2.90. The van der Waals surface area contributed by atoms with Gasteiger partial charge in [0, 0.05) is 33.2 Å². The van der Waals surface area contributed by atoms with Crippen molar-refractivity contribution < 1.29 is 4.39 Å². The Morgan fingerprint density at radius 2 is 1.95 bits per heavy atom. The number of nitrogens with zero attached hydrogens (tertiary/aromatic N) is 1. The molecule has 0 saturated carbocycles. The van der Waals surface area contributed by atoms with E-state index in [1.807, 2.05) is 31.2 Å². The highest BCUT2D eigenvalue weighted by Crippen LogP contribution is 2.31. The first kappa shape index (κ1) is 14.3. The highest BCUT2D eigenvalue weighted by Gasteiger charge is 2.13. The summed E-state index contributed by atoms with van der Waals surface area (Å²) in [6, 6.07) is 13.3. The summed E-state index contributed by atoms with van der Waals surface area (Å²) in [5.41, 5.74) is 9.22. The normalized spacial score (nSPS) is 11.2. The Kier molecular flexibility index (Phi) is 3.83. The first-order chi connectivity index (χ1) is 10.1. The Labute approximate surface area is 131 Å². The van der Waals surface area contributed by atoms with E-state index in [2.05, 4.69) is 32.6 Å². The summed E-state index contributed by atoms with van der Waals surface area (Å²) in [4.78, 5) is 0. The van der Waals surface area contributed by atoms with Crippen LogP contribution in [0.2, 0.25) is 0 Å². The zero-order valence-corrected chi connectivity index (χ0v) is 13.3. The van der Waals surface area contributed by atoms with Crippen molar-refractivity contribution >= 4 is 26.8 Å². The van der Waals surface area contributed by atoms with Gasteiger partial charge in [-0.05, 0) is 40.5 Å². The summed E-state index contributed by atoms with van der Waals surface area (Å²) in [5, 5.41) is 1.15. The zero-order valence-electron chi connectivity index (χ0n) is 11.7. The Morgan fingerprint density at radius 3 is 2.67 bits per heavy atom. The van der Waals surface area contributed by atoms with Gasteiger partial charge in [0.1, 0.15) is 5.82 Å². The molecule has 0 fully saturated rings. The maximum atomic E-state index is 14.2. The number of para-hydroxylation sites is 1. The molecule has 2 N–H and O–H groups in total. The van der Waals surface area contributed by atoms with Gasteiger partial charge in [0.2, 0.25) is 0 Å². The van der Waals surface area contributed by atoms with Crippen LogP contribution in [0, 0.1) is 12.7 Å². The third kappa shape index (κ3) is 2.49. The van der Waals surface area contributed by atoms with E-state index in [1.165, 1.54) is 6.07 Å². The Hall–Kier alpha value is -1.65. The molecular formula is C17H16BrFN2. The summed E-state index contributed by atoms with van der Waals surface area (Å²) >= 11 is 3.63.